The topological polar surface area (TPSA) is 16.1 Å². The number of pyridine rings is 1. The Morgan fingerprint density at radius 1 is 1.04 bits per heavy atom. The van der Waals surface area contributed by atoms with Gasteiger partial charge >= 0.3 is 0 Å². The third-order valence-corrected chi connectivity index (χ3v) is 6.26. The number of aromatic nitrogens is 1. The number of benzene rings is 2. The van der Waals surface area contributed by atoms with Gasteiger partial charge in [-0.2, -0.15) is 0 Å². The van der Waals surface area contributed by atoms with Crippen LogP contribution in [-0.4, -0.2) is 35.3 Å². The molecular formula is C23H26N2S. The first-order valence-electron chi connectivity index (χ1n) is 9.51. The Labute approximate surface area is 160 Å². The second-order valence-corrected chi connectivity index (χ2v) is 8.10. The van der Waals surface area contributed by atoms with Crippen molar-refractivity contribution >= 4 is 22.7 Å². The van der Waals surface area contributed by atoms with Crippen LogP contribution in [0.5, 0.6) is 0 Å². The predicted octanol–water partition coefficient (Wildman–Crippen LogP) is 5.65. The maximum Gasteiger partial charge on any atom is 0.0705 e. The second-order valence-electron chi connectivity index (χ2n) is 7.22. The molecule has 1 aliphatic heterocycles. The Bertz CT molecular complexity index is 888. The molecule has 1 aromatic heterocycles. The van der Waals surface area contributed by atoms with E-state index in [1.807, 2.05) is 0 Å². The number of hydrogen-bond acceptors (Lipinski definition) is 3. The molecule has 0 spiro atoms. The van der Waals surface area contributed by atoms with Crippen molar-refractivity contribution < 1.29 is 0 Å². The minimum atomic E-state index is 0.732. The highest BCUT2D eigenvalue weighted by molar-refractivity contribution is 7.98. The molecule has 0 aliphatic carbocycles. The van der Waals surface area contributed by atoms with E-state index in [0.29, 0.717) is 0 Å². The lowest BCUT2D eigenvalue weighted by Crippen LogP contribution is -2.29. The van der Waals surface area contributed by atoms with Crippen molar-refractivity contribution in [2.45, 2.75) is 37.1 Å². The van der Waals surface area contributed by atoms with Gasteiger partial charge in [0.25, 0.3) is 0 Å². The van der Waals surface area contributed by atoms with Crippen LogP contribution in [-0.2, 0) is 6.42 Å². The molecule has 0 saturated carbocycles. The zero-order valence-corrected chi connectivity index (χ0v) is 16.4. The summed E-state index contributed by atoms with van der Waals surface area (Å²) in [7, 11) is 0. The Hall–Kier alpha value is -1.84. The fourth-order valence-corrected chi connectivity index (χ4v) is 4.26. The summed E-state index contributed by atoms with van der Waals surface area (Å²) in [6, 6.07) is 20.5. The SMILES string of the molecule is CSc1ccc(-c2ccc3nc(CCN4CCC[C@H]4C)ccc3c2)cc1. The molecule has 4 rings (SSSR count). The van der Waals surface area contributed by atoms with Crippen molar-refractivity contribution in [3.63, 3.8) is 0 Å². The van der Waals surface area contributed by atoms with Crippen LogP contribution in [0.3, 0.4) is 0 Å². The minimum Gasteiger partial charge on any atom is -0.300 e. The molecule has 2 aromatic carbocycles. The second kappa shape index (κ2) is 7.81. The molecule has 2 nitrogen and oxygen atoms in total. The Balaban J connectivity index is 1.52. The summed E-state index contributed by atoms with van der Waals surface area (Å²) in [5.41, 5.74) is 4.82. The Morgan fingerprint density at radius 3 is 2.58 bits per heavy atom. The highest BCUT2D eigenvalue weighted by Gasteiger charge is 2.19. The van der Waals surface area contributed by atoms with Crippen molar-refractivity contribution in [3.05, 3.63) is 60.3 Å². The van der Waals surface area contributed by atoms with Crippen molar-refractivity contribution in [1.82, 2.24) is 9.88 Å². The molecule has 0 radical (unpaired) electrons. The average molecular weight is 363 g/mol. The maximum absolute atomic E-state index is 4.89. The first-order valence-corrected chi connectivity index (χ1v) is 10.7. The number of rotatable bonds is 5. The third kappa shape index (κ3) is 3.79. The van der Waals surface area contributed by atoms with Gasteiger partial charge < -0.3 is 4.90 Å². The highest BCUT2D eigenvalue weighted by Crippen LogP contribution is 2.26. The summed E-state index contributed by atoms with van der Waals surface area (Å²) in [4.78, 5) is 8.78. The van der Waals surface area contributed by atoms with Crippen LogP contribution in [0.2, 0.25) is 0 Å². The summed E-state index contributed by atoms with van der Waals surface area (Å²) in [6.07, 6.45) is 5.83. The van der Waals surface area contributed by atoms with E-state index in [-0.39, 0.29) is 0 Å². The van der Waals surface area contributed by atoms with E-state index in [1.165, 1.54) is 46.5 Å². The van der Waals surface area contributed by atoms with Gasteiger partial charge in [-0.25, -0.2) is 0 Å². The smallest absolute Gasteiger partial charge is 0.0705 e. The van der Waals surface area contributed by atoms with Gasteiger partial charge in [-0.05, 0) is 74.0 Å². The molecular weight excluding hydrogens is 336 g/mol. The van der Waals surface area contributed by atoms with Crippen molar-refractivity contribution in [2.75, 3.05) is 19.3 Å². The zero-order valence-electron chi connectivity index (χ0n) is 15.6. The van der Waals surface area contributed by atoms with Gasteiger partial charge in [0, 0.05) is 35.0 Å². The molecule has 0 amide bonds. The predicted molar refractivity (Wildman–Crippen MR) is 113 cm³/mol. The lowest BCUT2D eigenvalue weighted by atomic mass is 10.0. The standard InChI is InChI=1S/C23H26N2S/c1-17-4-3-14-25(17)15-13-21-9-5-20-16-19(8-12-23(20)24-21)18-6-10-22(26-2)11-7-18/h5-12,16-17H,3-4,13-15H2,1-2H3/t17-/m1/s1. The van der Waals surface area contributed by atoms with Crippen LogP contribution in [0.15, 0.2) is 59.5 Å². The van der Waals surface area contributed by atoms with Gasteiger partial charge in [-0.15, -0.1) is 11.8 Å². The summed E-state index contributed by atoms with van der Waals surface area (Å²) in [5.74, 6) is 0. The van der Waals surface area contributed by atoms with Crippen molar-refractivity contribution in [1.29, 1.82) is 0 Å². The summed E-state index contributed by atoms with van der Waals surface area (Å²) in [5, 5.41) is 1.22. The molecule has 3 aromatic rings. The fraction of sp³-hybridized carbons (Fsp3) is 0.348. The largest absolute Gasteiger partial charge is 0.300 e. The van der Waals surface area contributed by atoms with E-state index in [9.17, 15) is 0 Å². The lowest BCUT2D eigenvalue weighted by Gasteiger charge is -2.20. The van der Waals surface area contributed by atoms with E-state index in [1.54, 1.807) is 11.8 Å². The van der Waals surface area contributed by atoms with Gasteiger partial charge in [-0.1, -0.05) is 24.3 Å². The molecule has 0 N–H and O–H groups in total. The Kier molecular flexibility index (Phi) is 5.28. The summed E-state index contributed by atoms with van der Waals surface area (Å²) >= 11 is 1.78. The lowest BCUT2D eigenvalue weighted by molar-refractivity contribution is 0.271. The fourth-order valence-electron chi connectivity index (χ4n) is 3.85. The monoisotopic (exact) mass is 362 g/mol. The number of nitrogens with zero attached hydrogens (tertiary/aromatic N) is 2. The van der Waals surface area contributed by atoms with Crippen LogP contribution >= 0.6 is 11.8 Å². The van der Waals surface area contributed by atoms with Crippen LogP contribution in [0, 0.1) is 0 Å². The van der Waals surface area contributed by atoms with Crippen molar-refractivity contribution in [2.24, 2.45) is 0 Å². The molecule has 1 saturated heterocycles. The number of fused-ring (bicyclic) bond motifs is 1. The molecule has 26 heavy (non-hydrogen) atoms. The molecule has 3 heteroatoms. The molecule has 2 heterocycles. The quantitative estimate of drug-likeness (QED) is 0.546. The number of thioether (sulfide) groups is 1. The van der Waals surface area contributed by atoms with E-state index in [0.717, 1.165) is 24.5 Å². The van der Waals surface area contributed by atoms with Gasteiger partial charge in [0.05, 0.1) is 5.52 Å². The average Bonchev–Trinajstić information content (AvgIpc) is 3.10. The molecule has 0 bridgehead atoms. The highest BCUT2D eigenvalue weighted by atomic mass is 32.2. The van der Waals surface area contributed by atoms with Crippen molar-refractivity contribution in [3.8, 4) is 11.1 Å². The van der Waals surface area contributed by atoms with Crippen LogP contribution in [0.25, 0.3) is 22.0 Å². The van der Waals surface area contributed by atoms with Gasteiger partial charge in [-0.3, -0.25) is 4.98 Å². The number of hydrogen-bond donors (Lipinski definition) is 0. The van der Waals surface area contributed by atoms with E-state index >= 15 is 0 Å². The third-order valence-electron chi connectivity index (χ3n) is 5.52. The molecule has 1 atom stereocenters. The van der Waals surface area contributed by atoms with E-state index < -0.39 is 0 Å². The molecule has 134 valence electrons. The number of likely N-dealkylation sites (tertiary alicyclic amines) is 1. The molecule has 0 unspecified atom stereocenters. The van der Waals surface area contributed by atoms with Crippen LogP contribution in [0.1, 0.15) is 25.5 Å². The normalized spacial score (nSPS) is 17.8. The van der Waals surface area contributed by atoms with Crippen LogP contribution in [0.4, 0.5) is 0 Å². The summed E-state index contributed by atoms with van der Waals surface area (Å²) in [6.45, 7) is 4.71. The first kappa shape index (κ1) is 17.6. The zero-order chi connectivity index (χ0) is 17.9. The minimum absolute atomic E-state index is 0.732. The van der Waals surface area contributed by atoms with Crippen LogP contribution < -0.4 is 0 Å². The van der Waals surface area contributed by atoms with Gasteiger partial charge in [0.1, 0.15) is 0 Å². The van der Waals surface area contributed by atoms with Gasteiger partial charge in [0.15, 0.2) is 0 Å². The molecule has 1 fully saturated rings. The van der Waals surface area contributed by atoms with E-state index in [2.05, 4.69) is 72.7 Å². The maximum atomic E-state index is 4.89. The van der Waals surface area contributed by atoms with Gasteiger partial charge in [0.2, 0.25) is 0 Å². The summed E-state index contributed by atoms with van der Waals surface area (Å²) < 4.78 is 0. The Morgan fingerprint density at radius 2 is 1.85 bits per heavy atom. The molecule has 1 aliphatic rings. The first-order chi connectivity index (χ1) is 12.7. The van der Waals surface area contributed by atoms with E-state index in [4.69, 9.17) is 4.98 Å².